The summed E-state index contributed by atoms with van der Waals surface area (Å²) in [6, 6.07) is 18.2. The summed E-state index contributed by atoms with van der Waals surface area (Å²) < 4.78 is 0. The summed E-state index contributed by atoms with van der Waals surface area (Å²) in [5, 5.41) is 0. The number of nitrogens with zero attached hydrogens (tertiary/aromatic N) is 1. The maximum Gasteiger partial charge on any atom is 0.0563 e. The van der Waals surface area contributed by atoms with E-state index in [1.807, 2.05) is 0 Å². The molecule has 1 heterocycles. The third kappa shape index (κ3) is 2.14. The fraction of sp³-hybridized carbons (Fsp3) is 0.368. The van der Waals surface area contributed by atoms with Gasteiger partial charge in [0.2, 0.25) is 0 Å². The van der Waals surface area contributed by atoms with Crippen LogP contribution in [0, 0.1) is 0 Å². The normalized spacial score (nSPS) is 24.3. The highest BCUT2D eigenvalue weighted by molar-refractivity contribution is 5.57. The molecule has 21 heavy (non-hydrogen) atoms. The topological polar surface area (TPSA) is 29.3 Å². The van der Waals surface area contributed by atoms with E-state index in [4.69, 9.17) is 5.73 Å². The lowest BCUT2D eigenvalue weighted by atomic mass is 10.0. The number of fused-ring (bicyclic) bond motifs is 2. The molecule has 1 aliphatic heterocycles. The molecule has 0 saturated heterocycles. The molecule has 108 valence electrons. The van der Waals surface area contributed by atoms with Crippen molar-refractivity contribution in [2.24, 2.45) is 5.73 Å². The van der Waals surface area contributed by atoms with Crippen LogP contribution in [0.25, 0.3) is 0 Å². The maximum atomic E-state index is 6.38. The van der Waals surface area contributed by atoms with Gasteiger partial charge in [0.1, 0.15) is 0 Å². The van der Waals surface area contributed by atoms with Crippen LogP contribution < -0.4 is 10.6 Å². The molecule has 2 aromatic rings. The Labute approximate surface area is 126 Å². The number of anilines is 1. The first-order valence-electron chi connectivity index (χ1n) is 8.03. The third-order valence-electron chi connectivity index (χ3n) is 5.00. The van der Waals surface area contributed by atoms with Crippen LogP contribution in [0.4, 0.5) is 5.69 Å². The predicted molar refractivity (Wildman–Crippen MR) is 87.5 cm³/mol. The molecular formula is C19H22N2. The number of rotatable bonds is 1. The Hall–Kier alpha value is -1.80. The molecular weight excluding hydrogens is 256 g/mol. The number of hydrogen-bond donors (Lipinski definition) is 1. The molecule has 1 aliphatic carbocycles. The fourth-order valence-corrected chi connectivity index (χ4v) is 3.99. The molecule has 2 aliphatic rings. The molecule has 0 aromatic heterocycles. The van der Waals surface area contributed by atoms with Crippen LogP contribution in [0.3, 0.4) is 0 Å². The standard InChI is InChI=1S/C19H22N2/c20-17-13-19(16-10-3-2-9-15(16)17)21-12-6-5-8-14-7-1-4-11-18(14)21/h1-4,7,9-11,17,19H,5-6,8,12-13,20H2. The van der Waals surface area contributed by atoms with Crippen molar-refractivity contribution in [3.05, 3.63) is 65.2 Å². The Kier molecular flexibility index (Phi) is 3.19. The number of para-hydroxylation sites is 1. The molecule has 0 radical (unpaired) electrons. The Morgan fingerprint density at radius 2 is 1.67 bits per heavy atom. The van der Waals surface area contributed by atoms with Gasteiger partial charge in [0, 0.05) is 18.3 Å². The van der Waals surface area contributed by atoms with Gasteiger partial charge in [-0.05, 0) is 48.4 Å². The van der Waals surface area contributed by atoms with Gasteiger partial charge >= 0.3 is 0 Å². The van der Waals surface area contributed by atoms with Crippen LogP contribution in [0.2, 0.25) is 0 Å². The highest BCUT2D eigenvalue weighted by atomic mass is 15.2. The highest BCUT2D eigenvalue weighted by Gasteiger charge is 2.33. The zero-order valence-corrected chi connectivity index (χ0v) is 12.3. The first-order chi connectivity index (χ1) is 10.3. The minimum Gasteiger partial charge on any atom is -0.364 e. The number of nitrogens with two attached hydrogens (primary N) is 1. The second-order valence-electron chi connectivity index (χ2n) is 6.27. The van der Waals surface area contributed by atoms with Gasteiger partial charge in [0.05, 0.1) is 6.04 Å². The van der Waals surface area contributed by atoms with E-state index in [-0.39, 0.29) is 6.04 Å². The van der Waals surface area contributed by atoms with E-state index in [1.54, 1.807) is 0 Å². The van der Waals surface area contributed by atoms with E-state index in [9.17, 15) is 0 Å². The van der Waals surface area contributed by atoms with Crippen LogP contribution in [0.1, 0.15) is 48.0 Å². The second kappa shape index (κ2) is 5.19. The van der Waals surface area contributed by atoms with Crippen LogP contribution >= 0.6 is 0 Å². The van der Waals surface area contributed by atoms with Crippen LogP contribution in [0.15, 0.2) is 48.5 Å². The molecule has 2 atom stereocenters. The SMILES string of the molecule is NC1CC(N2CCCCc3ccccc32)c2ccccc21. The van der Waals surface area contributed by atoms with Gasteiger partial charge in [-0.25, -0.2) is 0 Å². The lowest BCUT2D eigenvalue weighted by Crippen LogP contribution is -2.28. The fourth-order valence-electron chi connectivity index (χ4n) is 3.99. The van der Waals surface area contributed by atoms with Crippen molar-refractivity contribution >= 4 is 5.69 Å². The van der Waals surface area contributed by atoms with E-state index in [0.717, 1.165) is 13.0 Å². The zero-order chi connectivity index (χ0) is 14.2. The predicted octanol–water partition coefficient (Wildman–Crippen LogP) is 3.97. The summed E-state index contributed by atoms with van der Waals surface area (Å²) in [6.07, 6.45) is 4.79. The molecule has 0 fully saturated rings. The lowest BCUT2D eigenvalue weighted by molar-refractivity contribution is 0.558. The van der Waals surface area contributed by atoms with Gasteiger partial charge in [0.25, 0.3) is 0 Å². The average molecular weight is 278 g/mol. The maximum absolute atomic E-state index is 6.38. The minimum atomic E-state index is 0.182. The van der Waals surface area contributed by atoms with Crippen LogP contribution in [-0.4, -0.2) is 6.54 Å². The largest absolute Gasteiger partial charge is 0.364 e. The highest BCUT2D eigenvalue weighted by Crippen LogP contribution is 2.44. The molecule has 0 bridgehead atoms. The smallest absolute Gasteiger partial charge is 0.0563 e. The quantitative estimate of drug-likeness (QED) is 0.855. The molecule has 4 rings (SSSR count). The minimum absolute atomic E-state index is 0.182. The summed E-state index contributed by atoms with van der Waals surface area (Å²) in [5.41, 5.74) is 12.1. The van der Waals surface area contributed by atoms with Gasteiger partial charge in [-0.15, -0.1) is 0 Å². The summed E-state index contributed by atoms with van der Waals surface area (Å²) in [4.78, 5) is 2.61. The Morgan fingerprint density at radius 1 is 0.905 bits per heavy atom. The molecule has 2 N–H and O–H groups in total. The molecule has 2 heteroatoms. The number of hydrogen-bond acceptors (Lipinski definition) is 2. The molecule has 0 amide bonds. The molecule has 2 aromatic carbocycles. The summed E-state index contributed by atoms with van der Waals surface area (Å²) in [7, 11) is 0. The van der Waals surface area contributed by atoms with Crippen molar-refractivity contribution < 1.29 is 0 Å². The van der Waals surface area contributed by atoms with Crippen molar-refractivity contribution in [2.75, 3.05) is 11.4 Å². The van der Waals surface area contributed by atoms with E-state index in [1.165, 1.54) is 41.6 Å². The molecule has 0 saturated carbocycles. The number of aryl methyl sites for hydroxylation is 1. The second-order valence-corrected chi connectivity index (χ2v) is 6.27. The van der Waals surface area contributed by atoms with Gasteiger partial charge in [-0.2, -0.15) is 0 Å². The summed E-state index contributed by atoms with van der Waals surface area (Å²) in [6.45, 7) is 1.14. The first-order valence-corrected chi connectivity index (χ1v) is 8.03. The number of benzene rings is 2. The molecule has 2 nitrogen and oxygen atoms in total. The molecule has 2 unspecified atom stereocenters. The summed E-state index contributed by atoms with van der Waals surface area (Å²) >= 11 is 0. The van der Waals surface area contributed by atoms with Crippen molar-refractivity contribution in [3.63, 3.8) is 0 Å². The lowest BCUT2D eigenvalue weighted by Gasteiger charge is -2.32. The van der Waals surface area contributed by atoms with Crippen molar-refractivity contribution in [1.82, 2.24) is 0 Å². The van der Waals surface area contributed by atoms with Gasteiger partial charge in [-0.1, -0.05) is 42.5 Å². The van der Waals surface area contributed by atoms with Crippen LogP contribution in [0.5, 0.6) is 0 Å². The van der Waals surface area contributed by atoms with E-state index in [0.29, 0.717) is 6.04 Å². The van der Waals surface area contributed by atoms with Crippen molar-refractivity contribution in [1.29, 1.82) is 0 Å². The van der Waals surface area contributed by atoms with Gasteiger partial charge in [-0.3, -0.25) is 0 Å². The van der Waals surface area contributed by atoms with Gasteiger partial charge < -0.3 is 10.6 Å². The van der Waals surface area contributed by atoms with Crippen molar-refractivity contribution in [2.45, 2.75) is 37.8 Å². The average Bonchev–Trinajstić information content (AvgIpc) is 2.72. The van der Waals surface area contributed by atoms with Crippen molar-refractivity contribution in [3.8, 4) is 0 Å². The summed E-state index contributed by atoms with van der Waals surface area (Å²) in [5.74, 6) is 0. The van der Waals surface area contributed by atoms with E-state index >= 15 is 0 Å². The molecule has 0 spiro atoms. The zero-order valence-electron chi connectivity index (χ0n) is 12.3. The van der Waals surface area contributed by atoms with E-state index in [2.05, 4.69) is 53.4 Å². The Balaban J connectivity index is 1.78. The Morgan fingerprint density at radius 3 is 2.57 bits per heavy atom. The Bertz CT molecular complexity index is 650. The first kappa shape index (κ1) is 12.9. The monoisotopic (exact) mass is 278 g/mol. The van der Waals surface area contributed by atoms with Gasteiger partial charge in [0.15, 0.2) is 0 Å². The van der Waals surface area contributed by atoms with Crippen LogP contribution in [-0.2, 0) is 6.42 Å². The third-order valence-corrected chi connectivity index (χ3v) is 5.00. The van der Waals surface area contributed by atoms with E-state index < -0.39 is 0 Å².